The van der Waals surface area contributed by atoms with E-state index in [-0.39, 0.29) is 5.91 Å². The van der Waals surface area contributed by atoms with Crippen molar-refractivity contribution in [1.82, 2.24) is 25.2 Å². The third-order valence-corrected chi connectivity index (χ3v) is 3.18. The highest BCUT2D eigenvalue weighted by atomic mass is 16.1. The second-order valence-electron chi connectivity index (χ2n) is 5.41. The normalized spacial score (nSPS) is 10.6. The standard InChI is InChI=1S/C16H22N6O/c1-22(2)9-3-6-18-16(23)14-11-21-15(12-19-14)20-10-13-4-7-17-8-5-13/h4-5,7-8,11-12H,3,6,9-10H2,1-2H3,(H,18,23)(H,20,21). The third-order valence-electron chi connectivity index (χ3n) is 3.18. The van der Waals surface area contributed by atoms with Crippen LogP contribution in [0.1, 0.15) is 22.5 Å². The van der Waals surface area contributed by atoms with Crippen molar-refractivity contribution in [2.45, 2.75) is 13.0 Å². The van der Waals surface area contributed by atoms with Crippen LogP contribution in [0.15, 0.2) is 36.9 Å². The first-order chi connectivity index (χ1) is 11.1. The number of hydrogen-bond donors (Lipinski definition) is 2. The molecule has 7 nitrogen and oxygen atoms in total. The number of aromatic nitrogens is 3. The van der Waals surface area contributed by atoms with Crippen LogP contribution in [0.5, 0.6) is 0 Å². The first kappa shape index (κ1) is 16.8. The summed E-state index contributed by atoms with van der Waals surface area (Å²) >= 11 is 0. The average Bonchev–Trinajstić information content (AvgIpc) is 2.58. The Kier molecular flexibility index (Phi) is 6.43. The number of nitrogens with zero attached hydrogens (tertiary/aromatic N) is 4. The van der Waals surface area contributed by atoms with Crippen molar-refractivity contribution in [2.24, 2.45) is 0 Å². The van der Waals surface area contributed by atoms with Gasteiger partial charge in [-0.15, -0.1) is 0 Å². The highest BCUT2D eigenvalue weighted by Gasteiger charge is 2.07. The maximum atomic E-state index is 11.9. The minimum atomic E-state index is -0.197. The summed E-state index contributed by atoms with van der Waals surface area (Å²) in [6, 6.07) is 3.85. The molecular weight excluding hydrogens is 292 g/mol. The summed E-state index contributed by atoms with van der Waals surface area (Å²) in [6.07, 6.45) is 7.43. The number of anilines is 1. The van der Waals surface area contributed by atoms with Gasteiger partial charge in [0, 0.05) is 25.5 Å². The number of carbonyl (C=O) groups excluding carboxylic acids is 1. The Morgan fingerprint density at radius 3 is 2.61 bits per heavy atom. The van der Waals surface area contributed by atoms with Crippen LogP contribution in [0.25, 0.3) is 0 Å². The van der Waals surface area contributed by atoms with E-state index in [0.29, 0.717) is 24.6 Å². The zero-order chi connectivity index (χ0) is 16.5. The predicted octanol–water partition coefficient (Wildman–Crippen LogP) is 1.17. The Balaban J connectivity index is 1.78. The van der Waals surface area contributed by atoms with Crippen LogP contribution in [0.3, 0.4) is 0 Å². The van der Waals surface area contributed by atoms with E-state index in [1.54, 1.807) is 18.6 Å². The van der Waals surface area contributed by atoms with Crippen LogP contribution in [0, 0.1) is 0 Å². The molecule has 0 saturated heterocycles. The molecule has 2 heterocycles. The quantitative estimate of drug-likeness (QED) is 0.712. The molecule has 0 aliphatic carbocycles. The van der Waals surface area contributed by atoms with Crippen LogP contribution in [0.2, 0.25) is 0 Å². The smallest absolute Gasteiger partial charge is 0.271 e. The zero-order valence-electron chi connectivity index (χ0n) is 13.5. The average molecular weight is 314 g/mol. The highest BCUT2D eigenvalue weighted by Crippen LogP contribution is 2.04. The van der Waals surface area contributed by atoms with E-state index in [2.05, 4.69) is 30.5 Å². The zero-order valence-corrected chi connectivity index (χ0v) is 13.5. The largest absolute Gasteiger partial charge is 0.365 e. The van der Waals surface area contributed by atoms with E-state index in [1.165, 1.54) is 6.20 Å². The molecular formula is C16H22N6O. The maximum Gasteiger partial charge on any atom is 0.271 e. The van der Waals surface area contributed by atoms with Crippen LogP contribution < -0.4 is 10.6 Å². The number of amides is 1. The number of hydrogen-bond acceptors (Lipinski definition) is 6. The fourth-order valence-electron chi connectivity index (χ4n) is 1.92. The Labute approximate surface area is 136 Å². The van der Waals surface area contributed by atoms with Crippen molar-refractivity contribution in [1.29, 1.82) is 0 Å². The van der Waals surface area contributed by atoms with Crippen molar-refractivity contribution in [2.75, 3.05) is 32.5 Å². The fraction of sp³-hybridized carbons (Fsp3) is 0.375. The first-order valence-electron chi connectivity index (χ1n) is 7.53. The van der Waals surface area contributed by atoms with E-state index < -0.39 is 0 Å². The number of rotatable bonds is 8. The molecule has 2 rings (SSSR count). The van der Waals surface area contributed by atoms with Gasteiger partial charge in [0.15, 0.2) is 0 Å². The van der Waals surface area contributed by atoms with Gasteiger partial charge in [-0.1, -0.05) is 0 Å². The predicted molar refractivity (Wildman–Crippen MR) is 89.1 cm³/mol. The molecule has 0 bridgehead atoms. The SMILES string of the molecule is CN(C)CCCNC(=O)c1cnc(NCc2ccncc2)cn1. The van der Waals surface area contributed by atoms with Crippen LogP contribution in [-0.2, 0) is 6.54 Å². The summed E-state index contributed by atoms with van der Waals surface area (Å²) in [5.74, 6) is 0.433. The Hall–Kier alpha value is -2.54. The number of pyridine rings is 1. The van der Waals surface area contributed by atoms with E-state index in [0.717, 1.165) is 18.5 Å². The molecule has 0 unspecified atom stereocenters. The van der Waals surface area contributed by atoms with E-state index >= 15 is 0 Å². The molecule has 23 heavy (non-hydrogen) atoms. The second-order valence-corrected chi connectivity index (χ2v) is 5.41. The lowest BCUT2D eigenvalue weighted by molar-refractivity contribution is 0.0947. The van der Waals surface area contributed by atoms with Crippen molar-refractivity contribution < 1.29 is 4.79 Å². The molecule has 0 saturated carbocycles. The van der Waals surface area contributed by atoms with Gasteiger partial charge in [-0.3, -0.25) is 9.78 Å². The monoisotopic (exact) mass is 314 g/mol. The van der Waals surface area contributed by atoms with Gasteiger partial charge in [0.2, 0.25) is 0 Å². The van der Waals surface area contributed by atoms with E-state index in [4.69, 9.17) is 0 Å². The van der Waals surface area contributed by atoms with Gasteiger partial charge in [-0.05, 0) is 44.8 Å². The first-order valence-corrected chi connectivity index (χ1v) is 7.53. The molecule has 2 aromatic heterocycles. The number of carbonyl (C=O) groups is 1. The molecule has 0 spiro atoms. The Bertz CT molecular complexity index is 600. The van der Waals surface area contributed by atoms with Crippen molar-refractivity contribution in [3.8, 4) is 0 Å². The molecule has 1 amide bonds. The molecule has 0 atom stereocenters. The molecule has 2 N–H and O–H groups in total. The highest BCUT2D eigenvalue weighted by molar-refractivity contribution is 5.91. The maximum absolute atomic E-state index is 11.9. The van der Waals surface area contributed by atoms with Crippen LogP contribution in [-0.4, -0.2) is 52.9 Å². The summed E-state index contributed by atoms with van der Waals surface area (Å²) in [4.78, 5) is 26.3. The lowest BCUT2D eigenvalue weighted by atomic mass is 10.3. The molecule has 0 radical (unpaired) electrons. The minimum Gasteiger partial charge on any atom is -0.365 e. The van der Waals surface area contributed by atoms with Gasteiger partial charge in [0.1, 0.15) is 11.5 Å². The minimum absolute atomic E-state index is 0.197. The lowest BCUT2D eigenvalue weighted by Gasteiger charge is -2.10. The molecule has 0 fully saturated rings. The summed E-state index contributed by atoms with van der Waals surface area (Å²) in [6.45, 7) is 2.19. The Morgan fingerprint density at radius 1 is 1.17 bits per heavy atom. The molecule has 0 aliphatic heterocycles. The van der Waals surface area contributed by atoms with Crippen molar-refractivity contribution >= 4 is 11.7 Å². The molecule has 0 aromatic carbocycles. The summed E-state index contributed by atoms with van der Waals surface area (Å²) in [5.41, 5.74) is 1.42. The second kappa shape index (κ2) is 8.79. The van der Waals surface area contributed by atoms with Gasteiger partial charge >= 0.3 is 0 Å². The molecule has 0 aliphatic rings. The third kappa shape index (κ3) is 5.99. The fourth-order valence-corrected chi connectivity index (χ4v) is 1.92. The Morgan fingerprint density at radius 2 is 1.96 bits per heavy atom. The number of nitrogens with one attached hydrogen (secondary N) is 2. The van der Waals surface area contributed by atoms with Crippen molar-refractivity contribution in [3.05, 3.63) is 48.2 Å². The van der Waals surface area contributed by atoms with Gasteiger partial charge in [0.25, 0.3) is 5.91 Å². The molecule has 122 valence electrons. The summed E-state index contributed by atoms with van der Waals surface area (Å²) < 4.78 is 0. The summed E-state index contributed by atoms with van der Waals surface area (Å²) in [5, 5.41) is 5.99. The van der Waals surface area contributed by atoms with Gasteiger partial charge in [-0.25, -0.2) is 9.97 Å². The summed E-state index contributed by atoms with van der Waals surface area (Å²) in [7, 11) is 4.01. The van der Waals surface area contributed by atoms with Gasteiger partial charge in [-0.2, -0.15) is 0 Å². The lowest BCUT2D eigenvalue weighted by Crippen LogP contribution is -2.27. The van der Waals surface area contributed by atoms with Crippen molar-refractivity contribution in [3.63, 3.8) is 0 Å². The van der Waals surface area contributed by atoms with Crippen LogP contribution >= 0.6 is 0 Å². The van der Waals surface area contributed by atoms with E-state index in [1.807, 2.05) is 26.2 Å². The van der Waals surface area contributed by atoms with Gasteiger partial charge < -0.3 is 15.5 Å². The topological polar surface area (TPSA) is 83.0 Å². The van der Waals surface area contributed by atoms with Gasteiger partial charge in [0.05, 0.1) is 12.4 Å². The molecule has 7 heteroatoms. The van der Waals surface area contributed by atoms with Crippen LogP contribution in [0.4, 0.5) is 5.82 Å². The molecule has 2 aromatic rings. The van der Waals surface area contributed by atoms with E-state index in [9.17, 15) is 4.79 Å².